The van der Waals surface area contributed by atoms with Crippen molar-refractivity contribution in [1.82, 2.24) is 15.3 Å². The summed E-state index contributed by atoms with van der Waals surface area (Å²) >= 11 is 4.06. The summed E-state index contributed by atoms with van der Waals surface area (Å²) in [6.45, 7) is 0. The molecule has 92 valence electrons. The van der Waals surface area contributed by atoms with Crippen LogP contribution in [0, 0.1) is 0 Å². The van der Waals surface area contributed by atoms with E-state index in [0.717, 1.165) is 0 Å². The summed E-state index contributed by atoms with van der Waals surface area (Å²) in [5, 5.41) is -5.62. The van der Waals surface area contributed by atoms with E-state index in [9.17, 15) is 34.7 Å². The Kier molecular flexibility index (Phi) is 4.56. The van der Waals surface area contributed by atoms with E-state index >= 15 is 0 Å². The van der Waals surface area contributed by atoms with Gasteiger partial charge in [0, 0.05) is 16.4 Å². The van der Waals surface area contributed by atoms with Gasteiger partial charge in [-0.05, 0) is 0 Å². The van der Waals surface area contributed by atoms with Crippen LogP contribution in [0.2, 0.25) is 0 Å². The molecule has 0 radical (unpaired) electrons. The van der Waals surface area contributed by atoms with Crippen molar-refractivity contribution >= 4 is 22.3 Å². The summed E-state index contributed by atoms with van der Waals surface area (Å²) in [5.41, 5.74) is 0. The highest BCUT2D eigenvalue weighted by atomic mass is 35.5. The van der Waals surface area contributed by atoms with Gasteiger partial charge in [0.15, 0.2) is 0 Å². The molecule has 0 heterocycles. The lowest BCUT2D eigenvalue weighted by molar-refractivity contribution is -0.486. The Labute approximate surface area is 83.3 Å². The first kappa shape index (κ1) is 14.7. The standard InChI is InChI=1S/CClF6N3O3S/c2-9(3)1(10(4)5,11(6)7)14-15(8,12)13. The molecule has 0 saturated heterocycles. The van der Waals surface area contributed by atoms with Crippen LogP contribution in [0.15, 0.2) is 0 Å². The quantitative estimate of drug-likeness (QED) is 0.328. The SMILES string of the molecule is O=S(=O)(F)OC(N(F)F)(N(F)F)N(F)Cl. The minimum absolute atomic E-state index is 2.08. The van der Waals surface area contributed by atoms with Gasteiger partial charge >= 0.3 is 16.5 Å². The van der Waals surface area contributed by atoms with Crippen molar-refractivity contribution in [2.75, 3.05) is 0 Å². The van der Waals surface area contributed by atoms with Crippen LogP contribution in [0.1, 0.15) is 0 Å². The lowest BCUT2D eigenvalue weighted by Gasteiger charge is -2.29. The fraction of sp³-hybridized carbons (Fsp3) is 1.00. The highest BCUT2D eigenvalue weighted by Crippen LogP contribution is 2.33. The maximum atomic E-state index is 12.1. The molecule has 0 aliphatic rings. The first-order chi connectivity index (χ1) is 6.54. The van der Waals surface area contributed by atoms with Gasteiger partial charge in [-0.15, -0.1) is 4.48 Å². The van der Waals surface area contributed by atoms with Crippen molar-refractivity contribution in [2.24, 2.45) is 0 Å². The number of halogens is 7. The van der Waals surface area contributed by atoms with E-state index in [2.05, 4.69) is 16.0 Å². The number of nitrogens with zero attached hydrogens (tertiary/aromatic N) is 3. The molecule has 0 fully saturated rings. The zero-order valence-corrected chi connectivity index (χ0v) is 7.69. The Hall–Kier alpha value is -0.340. The summed E-state index contributed by atoms with van der Waals surface area (Å²) in [6, 6.07) is 0. The summed E-state index contributed by atoms with van der Waals surface area (Å²) in [4.78, 5) is 0. The van der Waals surface area contributed by atoms with Crippen LogP contribution in [0.5, 0.6) is 0 Å². The van der Waals surface area contributed by atoms with Crippen LogP contribution in [-0.4, -0.2) is 29.7 Å². The molecule has 0 unspecified atom stereocenters. The first-order valence-electron chi connectivity index (χ1n) is 2.54. The predicted octanol–water partition coefficient (Wildman–Crippen LogP) is 1.31. The van der Waals surface area contributed by atoms with E-state index in [1.165, 1.54) is 0 Å². The van der Waals surface area contributed by atoms with Crippen LogP contribution >= 0.6 is 11.8 Å². The van der Waals surface area contributed by atoms with E-state index in [4.69, 9.17) is 0 Å². The second-order valence-electron chi connectivity index (χ2n) is 1.75. The molecule has 0 aromatic rings. The van der Waals surface area contributed by atoms with Gasteiger partial charge in [0.25, 0.3) is 0 Å². The van der Waals surface area contributed by atoms with Crippen LogP contribution < -0.4 is 0 Å². The molecular formula is CClF6N3O3S. The van der Waals surface area contributed by atoms with Gasteiger partial charge in [-0.3, -0.25) is 0 Å². The fourth-order valence-corrected chi connectivity index (χ4v) is 1.02. The highest BCUT2D eigenvalue weighted by Gasteiger charge is 2.60. The number of rotatable bonds is 5. The van der Waals surface area contributed by atoms with E-state index in [1.54, 1.807) is 0 Å². The topological polar surface area (TPSA) is 53.1 Å². The number of hydrogen-bond acceptors (Lipinski definition) is 6. The normalized spacial score (nSPS) is 14.3. The molecule has 0 spiro atoms. The van der Waals surface area contributed by atoms with Gasteiger partial charge in [0.05, 0.1) is 10.7 Å². The summed E-state index contributed by atoms with van der Waals surface area (Å²) in [5.74, 6) is -5.05. The first-order valence-corrected chi connectivity index (χ1v) is 4.19. The van der Waals surface area contributed by atoms with Crippen molar-refractivity contribution in [3.8, 4) is 0 Å². The summed E-state index contributed by atoms with van der Waals surface area (Å²) in [6.07, 6.45) is 0. The van der Waals surface area contributed by atoms with E-state index < -0.39 is 31.8 Å². The largest absolute Gasteiger partial charge is 0.441 e. The third-order valence-electron chi connectivity index (χ3n) is 0.872. The van der Waals surface area contributed by atoms with Crippen molar-refractivity contribution in [3.63, 3.8) is 0 Å². The Balaban J connectivity index is 5.34. The second-order valence-corrected chi connectivity index (χ2v) is 3.00. The molecule has 0 aliphatic carbocycles. The van der Waals surface area contributed by atoms with Crippen LogP contribution in [0.25, 0.3) is 0 Å². The van der Waals surface area contributed by atoms with Gasteiger partial charge in [-0.1, -0.05) is 21.8 Å². The minimum Gasteiger partial charge on any atom is -0.178 e. The Bertz CT molecular complexity index is 285. The smallest absolute Gasteiger partial charge is 0.178 e. The zero-order chi connectivity index (χ0) is 12.4. The lowest BCUT2D eigenvalue weighted by atomic mass is 10.8. The average Bonchev–Trinajstić information content (AvgIpc) is 1.96. The number of hydrogen-bond donors (Lipinski definition) is 0. The molecule has 0 aromatic heterocycles. The molecule has 15 heavy (non-hydrogen) atoms. The molecule has 0 amide bonds. The average molecular weight is 284 g/mol. The van der Waals surface area contributed by atoms with Crippen LogP contribution in [0.4, 0.5) is 26.3 Å². The molecule has 0 aromatic carbocycles. The van der Waals surface area contributed by atoms with E-state index in [0.29, 0.717) is 0 Å². The molecule has 6 nitrogen and oxygen atoms in total. The van der Waals surface area contributed by atoms with Gasteiger partial charge in [-0.2, -0.15) is 12.6 Å². The molecule has 0 atom stereocenters. The highest BCUT2D eigenvalue weighted by molar-refractivity contribution is 7.81. The van der Waals surface area contributed by atoms with Gasteiger partial charge in [0.1, 0.15) is 0 Å². The molecular weight excluding hydrogens is 284 g/mol. The van der Waals surface area contributed by atoms with Gasteiger partial charge in [-0.25, -0.2) is 0 Å². The van der Waals surface area contributed by atoms with Crippen molar-refractivity contribution in [1.29, 1.82) is 0 Å². The molecule has 0 rings (SSSR count). The van der Waals surface area contributed by atoms with E-state index in [1.807, 2.05) is 0 Å². The third-order valence-corrected chi connectivity index (χ3v) is 1.51. The van der Waals surface area contributed by atoms with Gasteiger partial charge < -0.3 is 0 Å². The predicted molar refractivity (Wildman–Crippen MR) is 30.8 cm³/mol. The van der Waals surface area contributed by atoms with Crippen molar-refractivity contribution < 1.29 is 38.9 Å². The van der Waals surface area contributed by atoms with Crippen LogP contribution in [-0.2, 0) is 14.7 Å². The Morgan fingerprint density at radius 3 is 1.47 bits per heavy atom. The van der Waals surface area contributed by atoms with Crippen LogP contribution in [0.3, 0.4) is 0 Å². The minimum atomic E-state index is -6.33. The molecule has 0 bridgehead atoms. The second kappa shape index (κ2) is 4.67. The summed E-state index contributed by atoms with van der Waals surface area (Å²) < 4.78 is 90.7. The maximum Gasteiger partial charge on any atom is 0.441 e. The van der Waals surface area contributed by atoms with E-state index in [-0.39, 0.29) is 0 Å². The molecule has 0 saturated carbocycles. The maximum absolute atomic E-state index is 12.1. The Morgan fingerprint density at radius 2 is 1.40 bits per heavy atom. The summed E-state index contributed by atoms with van der Waals surface area (Å²) in [7, 11) is -6.33. The lowest BCUT2D eigenvalue weighted by Crippen LogP contribution is -2.58. The van der Waals surface area contributed by atoms with Gasteiger partial charge in [0.2, 0.25) is 0 Å². The monoisotopic (exact) mass is 283 g/mol. The Morgan fingerprint density at radius 1 is 1.07 bits per heavy atom. The van der Waals surface area contributed by atoms with Crippen molar-refractivity contribution in [3.05, 3.63) is 0 Å². The molecule has 0 N–H and O–H groups in total. The molecule has 14 heteroatoms. The molecule has 0 aliphatic heterocycles. The van der Waals surface area contributed by atoms with Crippen molar-refractivity contribution in [2.45, 2.75) is 5.97 Å². The third kappa shape index (κ3) is 3.32. The fourth-order valence-electron chi connectivity index (χ4n) is 0.389. The zero-order valence-electron chi connectivity index (χ0n) is 6.12.